The van der Waals surface area contributed by atoms with Crippen LogP contribution in [0.25, 0.3) is 23.0 Å². The van der Waals surface area contributed by atoms with Gasteiger partial charge in [-0.15, -0.1) is 5.10 Å². The molecule has 0 aliphatic heterocycles. The van der Waals surface area contributed by atoms with E-state index < -0.39 is 0 Å². The van der Waals surface area contributed by atoms with Gasteiger partial charge in [0.2, 0.25) is 5.82 Å². The average Bonchev–Trinajstić information content (AvgIpc) is 3.12. The minimum atomic E-state index is -0.228. The fourth-order valence-electron chi connectivity index (χ4n) is 2.17. The van der Waals surface area contributed by atoms with E-state index in [1.54, 1.807) is 19.2 Å². The van der Waals surface area contributed by atoms with E-state index in [9.17, 15) is 0 Å². The summed E-state index contributed by atoms with van der Waals surface area (Å²) in [4.78, 5) is 4.34. The fraction of sp³-hybridized carbons (Fsp3) is 0.250. The highest BCUT2D eigenvalue weighted by Crippen LogP contribution is 2.23. The number of aromatic nitrogens is 4. The van der Waals surface area contributed by atoms with Crippen LogP contribution in [0.3, 0.4) is 0 Å². The quantitative estimate of drug-likeness (QED) is 0.698. The third-order valence-corrected chi connectivity index (χ3v) is 3.54. The Hall–Kier alpha value is -2.84. The lowest BCUT2D eigenvalue weighted by Crippen LogP contribution is -2.17. The molecule has 0 spiro atoms. The number of nitrogens with zero attached hydrogens (tertiary/aromatic N) is 4. The van der Waals surface area contributed by atoms with Crippen molar-refractivity contribution in [3.05, 3.63) is 42.1 Å². The summed E-state index contributed by atoms with van der Waals surface area (Å²) in [5, 5.41) is 12.2. The Labute approximate surface area is 138 Å². The van der Waals surface area contributed by atoms with Gasteiger partial charge >= 0.3 is 0 Å². The molecule has 4 N–H and O–H groups in total. The second kappa shape index (κ2) is 7.16. The number of hydrogen-bond acceptors (Lipinski definition) is 8. The zero-order valence-electron chi connectivity index (χ0n) is 13.2. The highest BCUT2D eigenvalue weighted by Gasteiger charge is 2.14. The molecule has 124 valence electrons. The molecule has 0 radical (unpaired) electrons. The van der Waals surface area contributed by atoms with Crippen molar-refractivity contribution in [2.24, 2.45) is 11.5 Å². The van der Waals surface area contributed by atoms with Crippen LogP contribution in [0.1, 0.15) is 18.2 Å². The second-order valence-electron chi connectivity index (χ2n) is 5.18. The van der Waals surface area contributed by atoms with Crippen LogP contribution in [0.2, 0.25) is 0 Å². The molecular weight excluding hydrogens is 308 g/mol. The molecule has 3 rings (SSSR count). The summed E-state index contributed by atoms with van der Waals surface area (Å²) in [6, 6.07) is 10.7. The van der Waals surface area contributed by atoms with Gasteiger partial charge in [0, 0.05) is 5.56 Å². The van der Waals surface area contributed by atoms with Crippen LogP contribution >= 0.6 is 0 Å². The molecule has 0 saturated carbocycles. The number of methoxy groups -OCH3 is 1. The predicted molar refractivity (Wildman–Crippen MR) is 87.9 cm³/mol. The molecule has 8 heteroatoms. The fourth-order valence-corrected chi connectivity index (χ4v) is 2.17. The molecule has 0 aliphatic rings. The van der Waals surface area contributed by atoms with Crippen molar-refractivity contribution in [2.45, 2.75) is 12.5 Å². The summed E-state index contributed by atoms with van der Waals surface area (Å²) in [6.07, 6.45) is 0.649. The Morgan fingerprint density at radius 1 is 1.12 bits per heavy atom. The average molecular weight is 326 g/mol. The van der Waals surface area contributed by atoms with Crippen molar-refractivity contribution in [3.8, 4) is 28.7 Å². The summed E-state index contributed by atoms with van der Waals surface area (Å²) < 4.78 is 10.4. The Morgan fingerprint density at radius 3 is 2.54 bits per heavy atom. The first-order valence-electron chi connectivity index (χ1n) is 7.49. The lowest BCUT2D eigenvalue weighted by atomic mass is 10.1. The van der Waals surface area contributed by atoms with Gasteiger partial charge < -0.3 is 20.7 Å². The maximum absolute atomic E-state index is 5.95. The SMILES string of the molecule is COc1ccc(-c2noc(-c3ccc(C(N)CCN)nn3)n2)cc1. The third kappa shape index (κ3) is 3.39. The van der Waals surface area contributed by atoms with Crippen LogP contribution in [0.5, 0.6) is 5.75 Å². The summed E-state index contributed by atoms with van der Waals surface area (Å²) in [5.41, 5.74) is 13.4. The molecule has 0 bridgehead atoms. The number of benzene rings is 1. The summed E-state index contributed by atoms with van der Waals surface area (Å²) >= 11 is 0. The first kappa shape index (κ1) is 16.0. The molecule has 1 atom stereocenters. The van der Waals surface area contributed by atoms with Crippen molar-refractivity contribution in [3.63, 3.8) is 0 Å². The van der Waals surface area contributed by atoms with Crippen molar-refractivity contribution in [1.29, 1.82) is 0 Å². The molecule has 1 unspecified atom stereocenters. The van der Waals surface area contributed by atoms with Gasteiger partial charge in [-0.3, -0.25) is 0 Å². The van der Waals surface area contributed by atoms with Crippen LogP contribution in [0, 0.1) is 0 Å². The van der Waals surface area contributed by atoms with Crippen LogP contribution in [0.4, 0.5) is 0 Å². The van der Waals surface area contributed by atoms with Gasteiger partial charge in [-0.05, 0) is 49.4 Å². The Bertz CT molecular complexity index is 785. The lowest BCUT2D eigenvalue weighted by molar-refractivity contribution is 0.414. The largest absolute Gasteiger partial charge is 0.497 e. The summed E-state index contributed by atoms with van der Waals surface area (Å²) in [5.74, 6) is 1.53. The molecule has 8 nitrogen and oxygen atoms in total. The van der Waals surface area contributed by atoms with Crippen molar-refractivity contribution in [1.82, 2.24) is 20.3 Å². The maximum atomic E-state index is 5.95. The van der Waals surface area contributed by atoms with E-state index in [1.807, 2.05) is 24.3 Å². The predicted octanol–water partition coefficient (Wildman–Crippen LogP) is 1.55. The topological polar surface area (TPSA) is 126 Å². The van der Waals surface area contributed by atoms with E-state index in [-0.39, 0.29) is 6.04 Å². The van der Waals surface area contributed by atoms with E-state index >= 15 is 0 Å². The second-order valence-corrected chi connectivity index (χ2v) is 5.18. The highest BCUT2D eigenvalue weighted by atomic mass is 16.5. The third-order valence-electron chi connectivity index (χ3n) is 3.54. The number of nitrogens with two attached hydrogens (primary N) is 2. The molecule has 0 amide bonds. The van der Waals surface area contributed by atoms with E-state index in [0.29, 0.717) is 36.1 Å². The van der Waals surface area contributed by atoms with Crippen LogP contribution in [0.15, 0.2) is 40.9 Å². The smallest absolute Gasteiger partial charge is 0.278 e. The molecule has 0 fully saturated rings. The minimum Gasteiger partial charge on any atom is -0.497 e. The number of rotatable bonds is 6. The summed E-state index contributed by atoms with van der Waals surface area (Å²) in [6.45, 7) is 0.499. The normalized spacial score (nSPS) is 12.1. The van der Waals surface area contributed by atoms with Crippen LogP contribution in [-0.4, -0.2) is 34.0 Å². The first-order chi connectivity index (χ1) is 11.7. The van der Waals surface area contributed by atoms with Crippen LogP contribution < -0.4 is 16.2 Å². The van der Waals surface area contributed by atoms with Crippen LogP contribution in [-0.2, 0) is 0 Å². The maximum Gasteiger partial charge on any atom is 0.278 e. The van der Waals surface area contributed by atoms with Gasteiger partial charge in [-0.25, -0.2) is 0 Å². The van der Waals surface area contributed by atoms with Gasteiger partial charge in [0.15, 0.2) is 5.69 Å². The highest BCUT2D eigenvalue weighted by molar-refractivity contribution is 5.58. The number of hydrogen-bond donors (Lipinski definition) is 2. The van der Waals surface area contributed by atoms with Gasteiger partial charge in [-0.1, -0.05) is 5.16 Å². The van der Waals surface area contributed by atoms with E-state index in [1.165, 1.54) is 0 Å². The van der Waals surface area contributed by atoms with E-state index in [4.69, 9.17) is 20.7 Å². The molecule has 2 aromatic heterocycles. The number of ether oxygens (including phenoxy) is 1. The van der Waals surface area contributed by atoms with Gasteiger partial charge in [0.05, 0.1) is 18.8 Å². The molecule has 0 aliphatic carbocycles. The zero-order chi connectivity index (χ0) is 16.9. The molecule has 2 heterocycles. The summed E-state index contributed by atoms with van der Waals surface area (Å²) in [7, 11) is 1.61. The molecular formula is C16H18N6O2. The van der Waals surface area contributed by atoms with E-state index in [2.05, 4.69) is 20.3 Å². The Morgan fingerprint density at radius 2 is 1.92 bits per heavy atom. The minimum absolute atomic E-state index is 0.228. The van der Waals surface area contributed by atoms with Gasteiger partial charge in [-0.2, -0.15) is 10.1 Å². The molecule has 24 heavy (non-hydrogen) atoms. The van der Waals surface area contributed by atoms with Crippen molar-refractivity contribution in [2.75, 3.05) is 13.7 Å². The van der Waals surface area contributed by atoms with Crippen molar-refractivity contribution < 1.29 is 9.26 Å². The first-order valence-corrected chi connectivity index (χ1v) is 7.49. The Balaban J connectivity index is 1.79. The molecule has 3 aromatic rings. The van der Waals surface area contributed by atoms with Gasteiger partial charge in [0.25, 0.3) is 5.89 Å². The Kier molecular flexibility index (Phi) is 4.78. The lowest BCUT2D eigenvalue weighted by Gasteiger charge is -2.07. The van der Waals surface area contributed by atoms with E-state index in [0.717, 1.165) is 11.3 Å². The van der Waals surface area contributed by atoms with Gasteiger partial charge in [0.1, 0.15) is 5.75 Å². The standard InChI is InChI=1S/C16H18N6O2/c1-23-11-4-2-10(3-5-11)15-19-16(24-22-15)14-7-6-13(20-21-14)12(18)8-9-17/h2-7,12H,8-9,17-18H2,1H3. The monoisotopic (exact) mass is 326 g/mol. The molecule has 0 saturated heterocycles. The molecule has 1 aromatic carbocycles. The van der Waals surface area contributed by atoms with Crippen molar-refractivity contribution >= 4 is 0 Å². The zero-order valence-corrected chi connectivity index (χ0v) is 13.2.